The SMILES string of the molecule is CSCC[C@@H](NC(N)=O)C(=O)N[C@H](C)c1cc(C)cc(C)c1. The Morgan fingerprint density at radius 3 is 2.27 bits per heavy atom. The number of carbonyl (C=O) groups excluding carboxylic acids is 2. The molecule has 0 heterocycles. The number of nitrogens with two attached hydrogens (primary N) is 1. The fourth-order valence-electron chi connectivity index (χ4n) is 2.33. The molecule has 0 bridgehead atoms. The summed E-state index contributed by atoms with van der Waals surface area (Å²) in [5.41, 5.74) is 8.51. The van der Waals surface area contributed by atoms with Gasteiger partial charge in [-0.25, -0.2) is 4.79 Å². The van der Waals surface area contributed by atoms with E-state index in [1.807, 2.05) is 27.0 Å². The first-order valence-corrected chi connectivity index (χ1v) is 8.66. The number of rotatable bonds is 7. The first kappa shape index (κ1) is 18.4. The quantitative estimate of drug-likeness (QED) is 0.719. The van der Waals surface area contributed by atoms with E-state index in [9.17, 15) is 9.59 Å². The number of amides is 3. The molecule has 0 fully saturated rings. The van der Waals surface area contributed by atoms with Crippen LogP contribution in [0.5, 0.6) is 0 Å². The molecular formula is C16H25N3O2S. The zero-order chi connectivity index (χ0) is 16.7. The van der Waals surface area contributed by atoms with Gasteiger partial charge in [0, 0.05) is 0 Å². The Balaban J connectivity index is 2.76. The molecule has 4 N–H and O–H groups in total. The van der Waals surface area contributed by atoms with E-state index in [0.29, 0.717) is 6.42 Å². The van der Waals surface area contributed by atoms with E-state index in [-0.39, 0.29) is 11.9 Å². The summed E-state index contributed by atoms with van der Waals surface area (Å²) in [7, 11) is 0. The molecule has 2 atom stereocenters. The average molecular weight is 323 g/mol. The van der Waals surface area contributed by atoms with Crippen LogP contribution in [0.1, 0.15) is 36.1 Å². The number of hydrogen-bond acceptors (Lipinski definition) is 3. The molecule has 6 heteroatoms. The van der Waals surface area contributed by atoms with Crippen LogP contribution in [0.25, 0.3) is 0 Å². The van der Waals surface area contributed by atoms with Crippen LogP contribution in [-0.2, 0) is 4.79 Å². The predicted octanol–water partition coefficient (Wildman–Crippen LogP) is 2.27. The maximum absolute atomic E-state index is 12.3. The molecule has 1 rings (SSSR count). The van der Waals surface area contributed by atoms with E-state index in [2.05, 4.69) is 28.8 Å². The third-order valence-corrected chi connectivity index (χ3v) is 3.99. The second-order valence-electron chi connectivity index (χ2n) is 5.49. The molecule has 22 heavy (non-hydrogen) atoms. The third kappa shape index (κ3) is 5.97. The van der Waals surface area contributed by atoms with Crippen molar-refractivity contribution >= 4 is 23.7 Å². The lowest BCUT2D eigenvalue weighted by Crippen LogP contribution is -2.49. The molecule has 5 nitrogen and oxygen atoms in total. The van der Waals surface area contributed by atoms with E-state index in [1.54, 1.807) is 11.8 Å². The van der Waals surface area contributed by atoms with Gasteiger partial charge in [-0.15, -0.1) is 0 Å². The monoisotopic (exact) mass is 323 g/mol. The third-order valence-electron chi connectivity index (χ3n) is 3.35. The van der Waals surface area contributed by atoms with E-state index in [4.69, 9.17) is 5.73 Å². The molecule has 0 saturated heterocycles. The molecule has 3 amide bonds. The first-order valence-electron chi connectivity index (χ1n) is 7.27. The van der Waals surface area contributed by atoms with Crippen LogP contribution >= 0.6 is 11.8 Å². The highest BCUT2D eigenvalue weighted by molar-refractivity contribution is 7.98. The Morgan fingerprint density at radius 2 is 1.77 bits per heavy atom. The molecule has 0 aliphatic rings. The van der Waals surface area contributed by atoms with Crippen LogP contribution in [0.15, 0.2) is 18.2 Å². The Kier molecular flexibility index (Phi) is 7.24. The molecule has 0 unspecified atom stereocenters. The number of benzene rings is 1. The Hall–Kier alpha value is -1.69. The molecule has 122 valence electrons. The second kappa shape index (κ2) is 8.68. The molecular weight excluding hydrogens is 298 g/mol. The van der Waals surface area contributed by atoms with Crippen molar-refractivity contribution in [1.82, 2.24) is 10.6 Å². The number of thioether (sulfide) groups is 1. The highest BCUT2D eigenvalue weighted by Gasteiger charge is 2.21. The molecule has 0 spiro atoms. The number of nitrogens with one attached hydrogen (secondary N) is 2. The fourth-order valence-corrected chi connectivity index (χ4v) is 2.80. The number of urea groups is 1. The van der Waals surface area contributed by atoms with E-state index in [1.165, 1.54) is 0 Å². The smallest absolute Gasteiger partial charge is 0.312 e. The molecule has 1 aromatic rings. The van der Waals surface area contributed by atoms with Gasteiger partial charge in [-0.1, -0.05) is 29.3 Å². The summed E-state index contributed by atoms with van der Waals surface area (Å²) in [6, 6.07) is 4.79. The van der Waals surface area contributed by atoms with Crippen LogP contribution in [0.3, 0.4) is 0 Å². The van der Waals surface area contributed by atoms with E-state index in [0.717, 1.165) is 22.4 Å². The number of carbonyl (C=O) groups is 2. The zero-order valence-electron chi connectivity index (χ0n) is 13.6. The van der Waals surface area contributed by atoms with Gasteiger partial charge in [0.15, 0.2) is 0 Å². The van der Waals surface area contributed by atoms with Crippen LogP contribution in [0.2, 0.25) is 0 Å². The van der Waals surface area contributed by atoms with Gasteiger partial charge < -0.3 is 16.4 Å². The minimum atomic E-state index is -0.680. The van der Waals surface area contributed by atoms with Crippen LogP contribution < -0.4 is 16.4 Å². The molecule has 1 aromatic carbocycles. The second-order valence-corrected chi connectivity index (χ2v) is 6.48. The van der Waals surface area contributed by atoms with Gasteiger partial charge in [-0.2, -0.15) is 11.8 Å². The molecule has 0 aliphatic carbocycles. The van der Waals surface area contributed by atoms with Crippen molar-refractivity contribution in [1.29, 1.82) is 0 Å². The van der Waals surface area contributed by atoms with Crippen molar-refractivity contribution in [3.8, 4) is 0 Å². The Morgan fingerprint density at radius 1 is 1.18 bits per heavy atom. The molecule has 0 radical (unpaired) electrons. The van der Waals surface area contributed by atoms with Gasteiger partial charge in [0.1, 0.15) is 6.04 Å². The maximum Gasteiger partial charge on any atom is 0.312 e. The maximum atomic E-state index is 12.3. The summed E-state index contributed by atoms with van der Waals surface area (Å²) in [6.45, 7) is 5.99. The number of primary amides is 1. The molecule has 0 aliphatic heterocycles. The van der Waals surface area contributed by atoms with Gasteiger partial charge in [0.05, 0.1) is 6.04 Å². The van der Waals surface area contributed by atoms with Crippen molar-refractivity contribution in [2.75, 3.05) is 12.0 Å². The number of aryl methyl sites for hydroxylation is 2. The summed E-state index contributed by atoms with van der Waals surface area (Å²) in [4.78, 5) is 23.4. The number of hydrogen-bond donors (Lipinski definition) is 3. The topological polar surface area (TPSA) is 84.2 Å². The van der Waals surface area contributed by atoms with Crippen LogP contribution in [-0.4, -0.2) is 30.0 Å². The van der Waals surface area contributed by atoms with Gasteiger partial charge in [0.25, 0.3) is 0 Å². The minimum absolute atomic E-state index is 0.127. The Bertz CT molecular complexity index is 514. The van der Waals surface area contributed by atoms with Crippen molar-refractivity contribution in [2.45, 2.75) is 39.3 Å². The molecule has 0 aromatic heterocycles. The van der Waals surface area contributed by atoms with Crippen molar-refractivity contribution in [2.24, 2.45) is 5.73 Å². The summed E-state index contributed by atoms with van der Waals surface area (Å²) in [6.07, 6.45) is 2.51. The van der Waals surface area contributed by atoms with Crippen molar-refractivity contribution in [3.05, 3.63) is 34.9 Å². The summed E-state index contributed by atoms with van der Waals surface area (Å²) >= 11 is 1.62. The van der Waals surface area contributed by atoms with E-state index >= 15 is 0 Å². The lowest BCUT2D eigenvalue weighted by atomic mass is 10.0. The lowest BCUT2D eigenvalue weighted by Gasteiger charge is -2.21. The predicted molar refractivity (Wildman–Crippen MR) is 92.0 cm³/mol. The van der Waals surface area contributed by atoms with Crippen LogP contribution in [0.4, 0.5) is 4.79 Å². The highest BCUT2D eigenvalue weighted by atomic mass is 32.2. The largest absolute Gasteiger partial charge is 0.352 e. The van der Waals surface area contributed by atoms with Gasteiger partial charge in [-0.3, -0.25) is 4.79 Å². The molecule has 0 saturated carbocycles. The summed E-state index contributed by atoms with van der Waals surface area (Å²) < 4.78 is 0. The van der Waals surface area contributed by atoms with Crippen LogP contribution in [0, 0.1) is 13.8 Å². The lowest BCUT2D eigenvalue weighted by molar-refractivity contribution is -0.123. The van der Waals surface area contributed by atoms with Gasteiger partial charge >= 0.3 is 6.03 Å². The average Bonchev–Trinajstić information content (AvgIpc) is 2.41. The first-order chi connectivity index (χ1) is 10.3. The highest BCUT2D eigenvalue weighted by Crippen LogP contribution is 2.17. The van der Waals surface area contributed by atoms with E-state index < -0.39 is 12.1 Å². The minimum Gasteiger partial charge on any atom is -0.352 e. The Labute approximate surface area is 136 Å². The summed E-state index contributed by atoms with van der Waals surface area (Å²) in [5, 5.41) is 5.45. The van der Waals surface area contributed by atoms with Gasteiger partial charge in [-0.05, 0) is 44.8 Å². The summed E-state index contributed by atoms with van der Waals surface area (Å²) in [5.74, 6) is 0.565. The standard InChI is InChI=1S/C16H25N3O2S/c1-10-7-11(2)9-13(8-10)12(3)18-15(20)14(5-6-22-4)19-16(17)21/h7-9,12,14H,5-6H2,1-4H3,(H,18,20)(H3,17,19,21)/t12-,14-/m1/s1. The van der Waals surface area contributed by atoms with Gasteiger partial charge in [0.2, 0.25) is 5.91 Å². The van der Waals surface area contributed by atoms with Crippen molar-refractivity contribution in [3.63, 3.8) is 0 Å². The van der Waals surface area contributed by atoms with Crippen molar-refractivity contribution < 1.29 is 9.59 Å². The zero-order valence-corrected chi connectivity index (χ0v) is 14.4. The fraction of sp³-hybridized carbons (Fsp3) is 0.500. The normalized spacial score (nSPS) is 13.3.